The summed E-state index contributed by atoms with van der Waals surface area (Å²) in [6, 6.07) is 8.85. The molecule has 2 aromatic heterocycles. The van der Waals surface area contributed by atoms with E-state index in [9.17, 15) is 0 Å². The molecule has 2 aliphatic rings. The van der Waals surface area contributed by atoms with Crippen LogP contribution in [0.25, 0.3) is 0 Å². The molecular formula is C25H29N5O. The summed E-state index contributed by atoms with van der Waals surface area (Å²) >= 11 is 0. The summed E-state index contributed by atoms with van der Waals surface area (Å²) in [6.45, 7) is 3.97. The molecule has 5 rings (SSSR count). The van der Waals surface area contributed by atoms with E-state index in [0.29, 0.717) is 0 Å². The van der Waals surface area contributed by atoms with Gasteiger partial charge in [-0.05, 0) is 74.4 Å². The summed E-state index contributed by atoms with van der Waals surface area (Å²) in [5.74, 6) is 2.57. The number of likely N-dealkylation sites (tertiary alicyclic amines) is 1. The summed E-state index contributed by atoms with van der Waals surface area (Å²) in [5.41, 5.74) is 6.31. The van der Waals surface area contributed by atoms with E-state index in [1.165, 1.54) is 36.0 Å². The molecule has 6 nitrogen and oxygen atoms in total. The number of hydrogen-bond donors (Lipinski definition) is 1. The van der Waals surface area contributed by atoms with Gasteiger partial charge in [-0.1, -0.05) is 12.1 Å². The fourth-order valence-corrected chi connectivity index (χ4v) is 4.87. The third-order valence-electron chi connectivity index (χ3n) is 6.48. The summed E-state index contributed by atoms with van der Waals surface area (Å²) in [4.78, 5) is 16.3. The van der Waals surface area contributed by atoms with Gasteiger partial charge in [-0.25, -0.2) is 9.97 Å². The van der Waals surface area contributed by atoms with Gasteiger partial charge in [-0.15, -0.1) is 0 Å². The Bertz CT molecular complexity index is 1080. The number of pyridine rings is 1. The molecule has 1 N–H and O–H groups in total. The lowest BCUT2D eigenvalue weighted by molar-refractivity contribution is 0.240. The first-order valence-corrected chi connectivity index (χ1v) is 11.1. The zero-order valence-electron chi connectivity index (χ0n) is 18.3. The Morgan fingerprint density at radius 3 is 2.87 bits per heavy atom. The lowest BCUT2D eigenvalue weighted by Crippen LogP contribution is -2.24. The van der Waals surface area contributed by atoms with Gasteiger partial charge in [0, 0.05) is 18.3 Å². The molecule has 1 atom stereocenters. The van der Waals surface area contributed by atoms with Gasteiger partial charge in [0.1, 0.15) is 17.4 Å². The van der Waals surface area contributed by atoms with Crippen molar-refractivity contribution in [2.24, 2.45) is 0 Å². The first-order chi connectivity index (χ1) is 15.2. The van der Waals surface area contributed by atoms with Crippen LogP contribution in [0.1, 0.15) is 53.3 Å². The first-order valence-electron chi connectivity index (χ1n) is 11.1. The van der Waals surface area contributed by atoms with E-state index in [1.807, 2.05) is 25.3 Å². The van der Waals surface area contributed by atoms with Gasteiger partial charge in [0.15, 0.2) is 0 Å². The molecule has 0 saturated carbocycles. The summed E-state index contributed by atoms with van der Waals surface area (Å²) in [5, 5.41) is 3.32. The van der Waals surface area contributed by atoms with Crippen LogP contribution in [-0.4, -0.2) is 33.5 Å². The average Bonchev–Trinajstić information content (AvgIpc) is 3.44. The molecule has 0 spiro atoms. The molecule has 0 amide bonds. The maximum absolute atomic E-state index is 5.75. The number of aryl methyl sites for hydroxylation is 3. The van der Waals surface area contributed by atoms with Crippen LogP contribution in [0.5, 0.6) is 5.75 Å². The molecule has 1 aliphatic heterocycles. The van der Waals surface area contributed by atoms with Crippen LogP contribution in [0.3, 0.4) is 0 Å². The van der Waals surface area contributed by atoms with Crippen LogP contribution in [0.2, 0.25) is 0 Å². The maximum atomic E-state index is 5.75. The van der Waals surface area contributed by atoms with Gasteiger partial charge in [0.05, 0.1) is 31.2 Å². The standard InChI is InChI=1S/C25H29N5O/c1-17-6-4-10-27-25(17)29-24-15-26-14-21(28-24)22-9-5-11-30(22)16-20-12-18-7-3-8-19(18)13-23(20)31-2/h4,6,10,12-15,22H,3,5,7-9,11,16H2,1-2H3,(H,27,28,29)/t22-/m1/s1. The molecule has 6 heteroatoms. The molecule has 31 heavy (non-hydrogen) atoms. The molecule has 1 aliphatic carbocycles. The van der Waals surface area contributed by atoms with Crippen molar-refractivity contribution in [1.82, 2.24) is 19.9 Å². The van der Waals surface area contributed by atoms with Crippen molar-refractivity contribution in [3.63, 3.8) is 0 Å². The number of nitrogens with one attached hydrogen (secondary N) is 1. The molecule has 3 aromatic rings. The average molecular weight is 416 g/mol. The molecule has 3 heterocycles. The van der Waals surface area contributed by atoms with E-state index in [2.05, 4.69) is 32.3 Å². The number of fused-ring (bicyclic) bond motifs is 1. The van der Waals surface area contributed by atoms with Crippen molar-refractivity contribution in [3.8, 4) is 5.75 Å². The van der Waals surface area contributed by atoms with E-state index < -0.39 is 0 Å². The normalized spacial score (nSPS) is 18.2. The zero-order valence-corrected chi connectivity index (χ0v) is 18.3. The van der Waals surface area contributed by atoms with Gasteiger partial charge in [0.2, 0.25) is 0 Å². The Labute approximate surface area is 183 Å². The van der Waals surface area contributed by atoms with E-state index in [-0.39, 0.29) is 6.04 Å². The molecular weight excluding hydrogens is 386 g/mol. The lowest BCUT2D eigenvalue weighted by Gasteiger charge is -2.25. The Balaban J connectivity index is 1.37. The van der Waals surface area contributed by atoms with Crippen LogP contribution >= 0.6 is 0 Å². The minimum atomic E-state index is 0.261. The number of rotatable bonds is 6. The second-order valence-corrected chi connectivity index (χ2v) is 8.54. The van der Waals surface area contributed by atoms with Crippen LogP contribution in [-0.2, 0) is 19.4 Å². The van der Waals surface area contributed by atoms with Gasteiger partial charge < -0.3 is 10.1 Å². The Kier molecular flexibility index (Phi) is 5.55. The number of methoxy groups -OCH3 is 1. The third-order valence-corrected chi connectivity index (χ3v) is 6.48. The summed E-state index contributed by atoms with van der Waals surface area (Å²) in [6.07, 6.45) is 11.3. The van der Waals surface area contributed by atoms with Gasteiger partial charge in [0.25, 0.3) is 0 Å². The van der Waals surface area contributed by atoms with Crippen molar-refractivity contribution in [2.75, 3.05) is 19.0 Å². The molecule has 1 fully saturated rings. The monoisotopic (exact) mass is 415 g/mol. The highest BCUT2D eigenvalue weighted by molar-refractivity contribution is 5.54. The van der Waals surface area contributed by atoms with Crippen molar-refractivity contribution >= 4 is 11.6 Å². The highest BCUT2D eigenvalue weighted by Gasteiger charge is 2.29. The zero-order chi connectivity index (χ0) is 21.2. The number of hydrogen-bond acceptors (Lipinski definition) is 6. The number of aromatic nitrogens is 3. The Hall–Kier alpha value is -2.99. The Morgan fingerprint density at radius 1 is 1.16 bits per heavy atom. The minimum absolute atomic E-state index is 0.261. The molecule has 1 saturated heterocycles. The largest absolute Gasteiger partial charge is 0.496 e. The van der Waals surface area contributed by atoms with Crippen molar-refractivity contribution < 1.29 is 4.74 Å². The lowest BCUT2D eigenvalue weighted by atomic mass is 10.0. The van der Waals surface area contributed by atoms with Crippen LogP contribution < -0.4 is 10.1 Å². The smallest absolute Gasteiger partial charge is 0.150 e. The molecule has 0 radical (unpaired) electrons. The number of anilines is 2. The van der Waals surface area contributed by atoms with Gasteiger partial charge >= 0.3 is 0 Å². The highest BCUT2D eigenvalue weighted by atomic mass is 16.5. The second-order valence-electron chi connectivity index (χ2n) is 8.54. The molecule has 160 valence electrons. The predicted molar refractivity (Wildman–Crippen MR) is 122 cm³/mol. The van der Waals surface area contributed by atoms with Gasteiger partial charge in [-0.2, -0.15) is 0 Å². The Morgan fingerprint density at radius 2 is 2.03 bits per heavy atom. The van der Waals surface area contributed by atoms with E-state index in [1.54, 1.807) is 19.5 Å². The number of nitrogens with zero attached hydrogens (tertiary/aromatic N) is 4. The number of ether oxygens (including phenoxy) is 1. The molecule has 1 aromatic carbocycles. The first kappa shape index (κ1) is 19.9. The van der Waals surface area contributed by atoms with Gasteiger partial charge in [-0.3, -0.25) is 9.88 Å². The van der Waals surface area contributed by atoms with Crippen LogP contribution in [0.4, 0.5) is 11.6 Å². The topological polar surface area (TPSA) is 63.2 Å². The van der Waals surface area contributed by atoms with Crippen LogP contribution in [0.15, 0.2) is 42.9 Å². The molecule has 0 bridgehead atoms. The minimum Gasteiger partial charge on any atom is -0.496 e. The fraction of sp³-hybridized carbons (Fsp3) is 0.400. The number of benzene rings is 1. The SMILES string of the molecule is COc1cc2c(cc1CN1CCC[C@@H]1c1cncc(Nc3ncccc3C)n1)CCC2. The van der Waals surface area contributed by atoms with Crippen molar-refractivity contribution in [3.05, 3.63) is 70.8 Å². The van der Waals surface area contributed by atoms with Crippen molar-refractivity contribution in [2.45, 2.75) is 51.6 Å². The fourth-order valence-electron chi connectivity index (χ4n) is 4.87. The summed E-state index contributed by atoms with van der Waals surface area (Å²) < 4.78 is 5.75. The highest BCUT2D eigenvalue weighted by Crippen LogP contribution is 2.36. The van der Waals surface area contributed by atoms with E-state index in [0.717, 1.165) is 54.6 Å². The second kappa shape index (κ2) is 8.63. The van der Waals surface area contributed by atoms with Crippen molar-refractivity contribution in [1.29, 1.82) is 0 Å². The predicted octanol–water partition coefficient (Wildman–Crippen LogP) is 4.76. The van der Waals surface area contributed by atoms with Crippen LogP contribution in [0, 0.1) is 6.92 Å². The quantitative estimate of drug-likeness (QED) is 0.626. The van der Waals surface area contributed by atoms with E-state index in [4.69, 9.17) is 9.72 Å². The summed E-state index contributed by atoms with van der Waals surface area (Å²) in [7, 11) is 1.78. The third kappa shape index (κ3) is 4.12. The van der Waals surface area contributed by atoms with E-state index >= 15 is 0 Å². The molecule has 0 unspecified atom stereocenters. The maximum Gasteiger partial charge on any atom is 0.150 e.